The molecule has 118 valence electrons. The highest BCUT2D eigenvalue weighted by molar-refractivity contribution is 5.51. The summed E-state index contributed by atoms with van der Waals surface area (Å²) in [5.74, 6) is -0.656. The van der Waals surface area contributed by atoms with Crippen LogP contribution in [0.4, 0.5) is 14.5 Å². The van der Waals surface area contributed by atoms with Crippen molar-refractivity contribution in [2.45, 2.75) is 19.9 Å². The third-order valence-corrected chi connectivity index (χ3v) is 3.19. The summed E-state index contributed by atoms with van der Waals surface area (Å²) in [5.41, 5.74) is 3.49. The number of alkyl halides is 2. The monoisotopic (exact) mass is 316 g/mol. The molecule has 0 bridgehead atoms. The van der Waals surface area contributed by atoms with Crippen LogP contribution < -0.4 is 5.32 Å². The van der Waals surface area contributed by atoms with Crippen molar-refractivity contribution < 1.29 is 13.2 Å². The summed E-state index contributed by atoms with van der Waals surface area (Å²) in [5, 5.41) is 10.1. The van der Waals surface area contributed by atoms with Crippen molar-refractivity contribution in [3.63, 3.8) is 0 Å². The van der Waals surface area contributed by atoms with Crippen LogP contribution in [0.2, 0.25) is 0 Å². The molecule has 2 heterocycles. The molecule has 0 saturated heterocycles. The van der Waals surface area contributed by atoms with E-state index in [1.165, 1.54) is 11.8 Å². The zero-order valence-corrected chi connectivity index (χ0v) is 12.3. The van der Waals surface area contributed by atoms with Gasteiger partial charge in [0.05, 0.1) is 17.8 Å². The van der Waals surface area contributed by atoms with Crippen molar-refractivity contribution in [2.24, 2.45) is 0 Å². The number of nitrogens with zero attached hydrogens (tertiary/aromatic N) is 3. The minimum absolute atomic E-state index is 0.0333. The number of aromatic nitrogens is 3. The van der Waals surface area contributed by atoms with E-state index in [1.54, 1.807) is 12.1 Å². The maximum absolute atomic E-state index is 12.4. The minimum Gasteiger partial charge on any atom is -0.415 e. The number of anilines is 1. The molecule has 0 saturated carbocycles. The predicted octanol–water partition coefficient (Wildman–Crippen LogP) is 3.99. The van der Waals surface area contributed by atoms with Gasteiger partial charge in [0.25, 0.3) is 5.89 Å². The Balaban J connectivity index is 1.67. The van der Waals surface area contributed by atoms with Gasteiger partial charge in [-0.25, -0.2) is 0 Å². The van der Waals surface area contributed by atoms with Crippen LogP contribution >= 0.6 is 0 Å². The number of hydrogen-bond acceptors (Lipinski definition) is 5. The van der Waals surface area contributed by atoms with E-state index in [1.807, 2.05) is 31.2 Å². The summed E-state index contributed by atoms with van der Waals surface area (Å²) in [4.78, 5) is 4.27. The van der Waals surface area contributed by atoms with E-state index in [0.717, 1.165) is 11.4 Å². The van der Waals surface area contributed by atoms with E-state index in [2.05, 4.69) is 20.5 Å². The smallest absolute Gasteiger partial charge is 0.314 e. The molecular formula is C16H14F2N4O. The Morgan fingerprint density at radius 3 is 2.70 bits per heavy atom. The van der Waals surface area contributed by atoms with Crippen LogP contribution in [0.3, 0.4) is 0 Å². The van der Waals surface area contributed by atoms with Gasteiger partial charge in [-0.15, -0.1) is 10.2 Å². The number of nitrogens with one attached hydrogen (secondary N) is 1. The highest BCUT2D eigenvalue weighted by Gasteiger charge is 2.17. The van der Waals surface area contributed by atoms with Gasteiger partial charge in [0.15, 0.2) is 0 Å². The fraction of sp³-hybridized carbons (Fsp3) is 0.188. The van der Waals surface area contributed by atoms with Crippen LogP contribution in [0.15, 0.2) is 47.0 Å². The first-order valence-electron chi connectivity index (χ1n) is 6.99. The highest BCUT2D eigenvalue weighted by atomic mass is 19.3. The summed E-state index contributed by atoms with van der Waals surface area (Å²) in [6.07, 6.45) is -1.25. The molecule has 0 unspecified atom stereocenters. The molecule has 7 heteroatoms. The third kappa shape index (κ3) is 3.68. The normalized spacial score (nSPS) is 11.0. The molecule has 3 rings (SSSR count). The zero-order chi connectivity index (χ0) is 16.2. The molecule has 2 aromatic heterocycles. The second-order valence-electron chi connectivity index (χ2n) is 5.01. The molecule has 0 aliphatic heterocycles. The molecule has 3 aromatic rings. The second kappa shape index (κ2) is 6.51. The molecule has 0 aliphatic rings. The van der Waals surface area contributed by atoms with Gasteiger partial charge in [-0.2, -0.15) is 8.78 Å². The fourth-order valence-electron chi connectivity index (χ4n) is 2.04. The van der Waals surface area contributed by atoms with E-state index >= 15 is 0 Å². The lowest BCUT2D eigenvalue weighted by molar-refractivity contribution is 0.116. The van der Waals surface area contributed by atoms with Crippen LogP contribution in [0.5, 0.6) is 0 Å². The standard InChI is InChI=1S/C16H14F2N4O/c1-10-3-2-4-12(7-10)20-9-13-6-5-11(8-19-13)15-21-22-16(23-15)14(17)18/h2-8,14,20H,9H2,1H3. The first-order chi connectivity index (χ1) is 11.1. The lowest BCUT2D eigenvalue weighted by Gasteiger charge is -2.06. The molecule has 0 atom stereocenters. The summed E-state index contributed by atoms with van der Waals surface area (Å²) in [6.45, 7) is 2.58. The molecule has 5 nitrogen and oxygen atoms in total. The van der Waals surface area contributed by atoms with E-state index in [9.17, 15) is 8.78 Å². The van der Waals surface area contributed by atoms with Crippen LogP contribution in [-0.2, 0) is 6.54 Å². The minimum atomic E-state index is -2.78. The largest absolute Gasteiger partial charge is 0.415 e. The third-order valence-electron chi connectivity index (χ3n) is 3.19. The fourth-order valence-corrected chi connectivity index (χ4v) is 2.04. The Morgan fingerprint density at radius 1 is 1.17 bits per heavy atom. The van der Waals surface area contributed by atoms with Crippen molar-refractivity contribution in [2.75, 3.05) is 5.32 Å². The van der Waals surface area contributed by atoms with Crippen molar-refractivity contribution in [1.29, 1.82) is 0 Å². The van der Waals surface area contributed by atoms with Crippen LogP contribution in [0, 0.1) is 6.92 Å². The first kappa shape index (κ1) is 15.1. The van der Waals surface area contributed by atoms with E-state index in [-0.39, 0.29) is 5.89 Å². The Morgan fingerprint density at radius 2 is 2.04 bits per heavy atom. The van der Waals surface area contributed by atoms with Crippen molar-refractivity contribution in [3.05, 3.63) is 59.7 Å². The lowest BCUT2D eigenvalue weighted by Crippen LogP contribution is -2.01. The van der Waals surface area contributed by atoms with Gasteiger partial charge in [0.1, 0.15) is 0 Å². The van der Waals surface area contributed by atoms with E-state index in [4.69, 9.17) is 4.42 Å². The number of hydrogen-bond donors (Lipinski definition) is 1. The van der Waals surface area contributed by atoms with Gasteiger partial charge in [0.2, 0.25) is 5.89 Å². The van der Waals surface area contributed by atoms with Crippen LogP contribution in [-0.4, -0.2) is 15.2 Å². The molecule has 23 heavy (non-hydrogen) atoms. The number of benzene rings is 1. The first-order valence-corrected chi connectivity index (χ1v) is 6.99. The number of pyridine rings is 1. The summed E-state index contributed by atoms with van der Waals surface area (Å²) >= 11 is 0. The van der Waals surface area contributed by atoms with Crippen molar-refractivity contribution in [1.82, 2.24) is 15.2 Å². The van der Waals surface area contributed by atoms with Gasteiger partial charge >= 0.3 is 6.43 Å². The number of halogens is 2. The summed E-state index contributed by atoms with van der Waals surface area (Å²) < 4.78 is 29.7. The Bertz CT molecular complexity index is 787. The van der Waals surface area contributed by atoms with Gasteiger partial charge in [0, 0.05) is 11.9 Å². The van der Waals surface area contributed by atoms with E-state index < -0.39 is 12.3 Å². The summed E-state index contributed by atoms with van der Waals surface area (Å²) in [6, 6.07) is 11.5. The Hall–Kier alpha value is -2.83. The van der Waals surface area contributed by atoms with Gasteiger partial charge in [-0.05, 0) is 36.8 Å². The molecule has 0 radical (unpaired) electrons. The SMILES string of the molecule is Cc1cccc(NCc2ccc(-c3nnc(C(F)F)o3)cn2)c1. The average molecular weight is 316 g/mol. The summed E-state index contributed by atoms with van der Waals surface area (Å²) in [7, 11) is 0. The molecule has 0 aliphatic carbocycles. The molecule has 0 amide bonds. The quantitative estimate of drug-likeness (QED) is 0.771. The van der Waals surface area contributed by atoms with Crippen molar-refractivity contribution in [3.8, 4) is 11.5 Å². The number of aryl methyl sites for hydroxylation is 1. The van der Waals surface area contributed by atoms with Gasteiger partial charge in [-0.3, -0.25) is 4.98 Å². The Kier molecular flexibility index (Phi) is 4.27. The molecule has 1 aromatic carbocycles. The molecular weight excluding hydrogens is 302 g/mol. The van der Waals surface area contributed by atoms with Crippen molar-refractivity contribution >= 4 is 5.69 Å². The maximum atomic E-state index is 12.4. The highest BCUT2D eigenvalue weighted by Crippen LogP contribution is 2.22. The Labute approximate surface area is 131 Å². The molecule has 1 N–H and O–H groups in total. The molecule has 0 fully saturated rings. The lowest BCUT2D eigenvalue weighted by atomic mass is 10.2. The second-order valence-corrected chi connectivity index (χ2v) is 5.01. The van der Waals surface area contributed by atoms with Gasteiger partial charge < -0.3 is 9.73 Å². The van der Waals surface area contributed by atoms with Crippen LogP contribution in [0.1, 0.15) is 23.6 Å². The average Bonchev–Trinajstić information content (AvgIpc) is 3.04. The van der Waals surface area contributed by atoms with Gasteiger partial charge in [-0.1, -0.05) is 12.1 Å². The zero-order valence-electron chi connectivity index (χ0n) is 12.3. The number of rotatable bonds is 5. The maximum Gasteiger partial charge on any atom is 0.314 e. The topological polar surface area (TPSA) is 63.8 Å². The van der Waals surface area contributed by atoms with Crippen LogP contribution in [0.25, 0.3) is 11.5 Å². The predicted molar refractivity (Wildman–Crippen MR) is 81.0 cm³/mol. The molecule has 0 spiro atoms. The van der Waals surface area contributed by atoms with E-state index in [0.29, 0.717) is 12.1 Å².